The number of hydrogen-bond donors (Lipinski definition) is 0. The minimum atomic E-state index is 0. The molecule has 1 aliphatic carbocycles. The summed E-state index contributed by atoms with van der Waals surface area (Å²) in [5.41, 5.74) is 0. The van der Waals surface area contributed by atoms with Crippen LogP contribution in [-0.2, 0) is 4.79 Å². The van der Waals surface area contributed by atoms with Gasteiger partial charge < -0.3 is 0 Å². The molecule has 1 aliphatic rings. The van der Waals surface area contributed by atoms with Crippen LogP contribution >= 0.6 is 0 Å². The number of Topliss-reactive ketones (excluding diaryl/α,β-unsaturated/α-hetero) is 1. The van der Waals surface area contributed by atoms with E-state index in [0.29, 0.717) is 11.7 Å². The topological polar surface area (TPSA) is 17.1 Å². The summed E-state index contributed by atoms with van der Waals surface area (Å²) in [4.78, 5) is 10.8. The van der Waals surface area contributed by atoms with Gasteiger partial charge in [-0.05, 0) is 25.2 Å². The molecule has 0 aliphatic heterocycles. The van der Waals surface area contributed by atoms with Crippen LogP contribution < -0.4 is 0 Å². The molecule has 59 valence electrons. The molecule has 1 unspecified atom stereocenters. The first-order chi connectivity index (χ1) is 4.83. The number of unbranched alkanes of at least 4 members (excludes halogenated alkanes) is 1. The fourth-order valence-electron chi connectivity index (χ4n) is 1.54. The number of ketones is 1. The number of carbonyl (C=O) groups is 1. The first kappa shape index (κ1) is 11.3. The van der Waals surface area contributed by atoms with Gasteiger partial charge in [0.05, 0.1) is 0 Å². The molecule has 2 heteroatoms. The van der Waals surface area contributed by atoms with Crippen molar-refractivity contribution in [2.75, 3.05) is 0 Å². The Kier molecular flexibility index (Phi) is 6.00. The van der Waals surface area contributed by atoms with Crippen molar-refractivity contribution >= 4 is 24.6 Å². The van der Waals surface area contributed by atoms with Crippen molar-refractivity contribution in [1.29, 1.82) is 0 Å². The predicted octanol–water partition coefficient (Wildman–Crippen LogP) is 1.71. The average molecular weight is 147 g/mol. The second-order valence-corrected chi connectivity index (χ2v) is 3.13. The summed E-state index contributed by atoms with van der Waals surface area (Å²) in [6.45, 7) is 2.08. The van der Waals surface area contributed by atoms with E-state index >= 15 is 0 Å². The normalized spacial score (nSPS) is 23.4. The third-order valence-corrected chi connectivity index (χ3v) is 2.21. The van der Waals surface area contributed by atoms with E-state index in [1.165, 1.54) is 12.8 Å². The Hall–Kier alpha value is 0.267. The summed E-state index contributed by atoms with van der Waals surface area (Å²) in [5, 5.41) is 0. The second-order valence-electron chi connectivity index (χ2n) is 3.13. The maximum atomic E-state index is 10.8. The van der Waals surface area contributed by atoms with Crippen molar-refractivity contribution in [3.8, 4) is 0 Å². The standard InChI is InChI=1S/C9H15O.Li.H/c1-2-3-4-8-5-6-9(10)7-8;;/h2,8H,3-7H2,1H3;;. The Balaban J connectivity index is 0.000001000. The van der Waals surface area contributed by atoms with Crippen molar-refractivity contribution in [3.63, 3.8) is 0 Å². The summed E-state index contributed by atoms with van der Waals surface area (Å²) in [6.07, 6.45) is 7.43. The monoisotopic (exact) mass is 147 g/mol. The van der Waals surface area contributed by atoms with E-state index in [4.69, 9.17) is 0 Å². The van der Waals surface area contributed by atoms with Gasteiger partial charge in [0.2, 0.25) is 0 Å². The molecule has 1 fully saturated rings. The third kappa shape index (κ3) is 3.99. The molecule has 11 heavy (non-hydrogen) atoms. The summed E-state index contributed by atoms with van der Waals surface area (Å²) in [6, 6.07) is 0. The summed E-state index contributed by atoms with van der Waals surface area (Å²) >= 11 is 0. The summed E-state index contributed by atoms with van der Waals surface area (Å²) in [7, 11) is 0. The van der Waals surface area contributed by atoms with E-state index < -0.39 is 0 Å². The van der Waals surface area contributed by atoms with Crippen LogP contribution in [0.1, 0.15) is 39.0 Å². The Morgan fingerprint density at radius 3 is 2.82 bits per heavy atom. The van der Waals surface area contributed by atoms with Gasteiger partial charge in [0.25, 0.3) is 0 Å². The van der Waals surface area contributed by atoms with Gasteiger partial charge in [-0.25, -0.2) is 0 Å². The van der Waals surface area contributed by atoms with Crippen molar-refractivity contribution < 1.29 is 4.79 Å². The number of hydrogen-bond acceptors (Lipinski definition) is 1. The molecule has 0 saturated heterocycles. The van der Waals surface area contributed by atoms with Crippen LogP contribution in [-0.4, -0.2) is 24.6 Å². The molecule has 0 aromatic heterocycles. The van der Waals surface area contributed by atoms with E-state index in [1.54, 1.807) is 0 Å². The van der Waals surface area contributed by atoms with E-state index in [9.17, 15) is 4.79 Å². The third-order valence-electron chi connectivity index (χ3n) is 2.21. The van der Waals surface area contributed by atoms with Gasteiger partial charge >= 0.3 is 18.9 Å². The average Bonchev–Trinajstić information content (AvgIpc) is 2.31. The van der Waals surface area contributed by atoms with Gasteiger partial charge in [-0.2, -0.15) is 0 Å². The minimum absolute atomic E-state index is 0. The molecule has 1 nitrogen and oxygen atoms in total. The fourth-order valence-corrected chi connectivity index (χ4v) is 1.54. The molecule has 0 N–H and O–H groups in total. The molecule has 0 spiro atoms. The van der Waals surface area contributed by atoms with Gasteiger partial charge in [0, 0.05) is 12.8 Å². The van der Waals surface area contributed by atoms with Crippen LogP contribution in [0.15, 0.2) is 0 Å². The summed E-state index contributed by atoms with van der Waals surface area (Å²) < 4.78 is 0. The van der Waals surface area contributed by atoms with Gasteiger partial charge in [-0.3, -0.25) is 4.79 Å². The molecule has 1 radical (unpaired) electrons. The van der Waals surface area contributed by atoms with Gasteiger partial charge in [0.1, 0.15) is 5.78 Å². The molecule has 0 aromatic rings. The van der Waals surface area contributed by atoms with E-state index in [1.807, 2.05) is 0 Å². The first-order valence-electron chi connectivity index (χ1n) is 4.12. The zero-order valence-electron chi connectivity index (χ0n) is 6.60. The van der Waals surface area contributed by atoms with Crippen molar-refractivity contribution in [2.45, 2.75) is 39.0 Å². The van der Waals surface area contributed by atoms with Crippen LogP contribution in [0.3, 0.4) is 0 Å². The molecular weight excluding hydrogens is 131 g/mol. The Morgan fingerprint density at radius 2 is 2.36 bits per heavy atom. The Morgan fingerprint density at radius 1 is 1.64 bits per heavy atom. The van der Waals surface area contributed by atoms with E-state index in [-0.39, 0.29) is 18.9 Å². The zero-order valence-corrected chi connectivity index (χ0v) is 6.60. The molecule has 0 amide bonds. The SMILES string of the molecule is C[CH]CCC1CCC(=O)C1.[LiH]. The Labute approximate surface area is 81.1 Å². The van der Waals surface area contributed by atoms with Crippen LogP contribution in [0, 0.1) is 12.3 Å². The molecule has 1 atom stereocenters. The molecule has 0 heterocycles. The van der Waals surface area contributed by atoms with Crippen molar-refractivity contribution in [1.82, 2.24) is 0 Å². The predicted molar refractivity (Wildman–Crippen MR) is 48.7 cm³/mol. The summed E-state index contributed by atoms with van der Waals surface area (Å²) in [5.74, 6) is 1.19. The van der Waals surface area contributed by atoms with Crippen molar-refractivity contribution in [2.24, 2.45) is 5.92 Å². The van der Waals surface area contributed by atoms with Gasteiger partial charge in [-0.1, -0.05) is 13.3 Å². The fraction of sp³-hybridized carbons (Fsp3) is 0.778. The van der Waals surface area contributed by atoms with Crippen LogP contribution in [0.5, 0.6) is 0 Å². The van der Waals surface area contributed by atoms with Gasteiger partial charge in [0.15, 0.2) is 0 Å². The molecule has 0 bridgehead atoms. The van der Waals surface area contributed by atoms with Crippen LogP contribution in [0.2, 0.25) is 0 Å². The second kappa shape index (κ2) is 5.86. The van der Waals surface area contributed by atoms with Crippen LogP contribution in [0.25, 0.3) is 0 Å². The zero-order chi connectivity index (χ0) is 7.40. The van der Waals surface area contributed by atoms with Crippen LogP contribution in [0.4, 0.5) is 0 Å². The molecule has 1 rings (SSSR count). The number of rotatable bonds is 3. The first-order valence-corrected chi connectivity index (χ1v) is 4.12. The van der Waals surface area contributed by atoms with Crippen molar-refractivity contribution in [3.05, 3.63) is 6.42 Å². The quantitative estimate of drug-likeness (QED) is 0.555. The van der Waals surface area contributed by atoms with Gasteiger partial charge in [-0.15, -0.1) is 0 Å². The van der Waals surface area contributed by atoms with E-state index in [0.717, 1.165) is 19.3 Å². The van der Waals surface area contributed by atoms with E-state index in [2.05, 4.69) is 13.3 Å². The Bertz CT molecular complexity index is 123. The number of carbonyl (C=O) groups excluding carboxylic acids is 1. The molecular formula is C9H16LiO. The molecule has 1 saturated carbocycles. The molecule has 0 aromatic carbocycles. The maximum absolute atomic E-state index is 10.8.